The van der Waals surface area contributed by atoms with E-state index in [0.29, 0.717) is 29.5 Å². The highest BCUT2D eigenvalue weighted by molar-refractivity contribution is 7.89. The molecule has 0 aliphatic carbocycles. The fraction of sp³-hybridized carbons (Fsp3) is 0.316. The number of methoxy groups -OCH3 is 2. The maximum Gasteiger partial charge on any atom is 0.259 e. The molecular weight excluding hydrogens is 404 g/mol. The van der Waals surface area contributed by atoms with Gasteiger partial charge in [-0.05, 0) is 36.4 Å². The first-order valence-electron chi connectivity index (χ1n) is 8.61. The quantitative estimate of drug-likeness (QED) is 0.696. The highest BCUT2D eigenvalue weighted by Crippen LogP contribution is 2.29. The molecule has 0 aliphatic heterocycles. The molecule has 1 N–H and O–H groups in total. The van der Waals surface area contributed by atoms with Crippen LogP contribution in [0.15, 0.2) is 41.3 Å². The zero-order valence-electron chi connectivity index (χ0n) is 16.2. The second-order valence-corrected chi connectivity index (χ2v) is 8.10. The largest absolute Gasteiger partial charge is 0.496 e. The summed E-state index contributed by atoms with van der Waals surface area (Å²) >= 11 is 6.08. The smallest absolute Gasteiger partial charge is 0.259 e. The molecule has 28 heavy (non-hydrogen) atoms. The van der Waals surface area contributed by atoms with E-state index in [-0.39, 0.29) is 16.2 Å². The molecule has 0 aromatic heterocycles. The number of ether oxygens (including phenoxy) is 2. The maximum atomic E-state index is 12.8. The van der Waals surface area contributed by atoms with E-state index in [1.54, 1.807) is 32.0 Å². The van der Waals surface area contributed by atoms with Gasteiger partial charge in [0.15, 0.2) is 0 Å². The van der Waals surface area contributed by atoms with E-state index in [2.05, 4.69) is 5.32 Å². The molecule has 0 fully saturated rings. The Morgan fingerprint density at radius 2 is 1.64 bits per heavy atom. The molecule has 0 saturated carbocycles. The number of nitrogens with zero attached hydrogens (tertiary/aromatic N) is 1. The number of hydrogen-bond donors (Lipinski definition) is 1. The Hall–Kier alpha value is -2.29. The van der Waals surface area contributed by atoms with Gasteiger partial charge in [-0.2, -0.15) is 4.31 Å². The van der Waals surface area contributed by atoms with Gasteiger partial charge in [0.2, 0.25) is 10.0 Å². The molecule has 0 unspecified atom stereocenters. The monoisotopic (exact) mass is 426 g/mol. The third-order valence-electron chi connectivity index (χ3n) is 4.17. The average molecular weight is 427 g/mol. The van der Waals surface area contributed by atoms with Crippen LogP contribution in [0.3, 0.4) is 0 Å². The normalized spacial score (nSPS) is 11.4. The first-order chi connectivity index (χ1) is 13.3. The molecule has 1 amide bonds. The Morgan fingerprint density at radius 3 is 2.18 bits per heavy atom. The predicted octanol–water partition coefficient (Wildman–Crippen LogP) is 3.64. The molecule has 0 spiro atoms. The number of halogens is 1. The number of carbonyl (C=O) groups is 1. The molecule has 2 aromatic carbocycles. The lowest BCUT2D eigenvalue weighted by Crippen LogP contribution is -2.30. The molecule has 9 heteroatoms. The number of nitrogens with one attached hydrogen (secondary N) is 1. The third kappa shape index (κ3) is 4.57. The Kier molecular flexibility index (Phi) is 7.29. The molecule has 152 valence electrons. The van der Waals surface area contributed by atoms with Gasteiger partial charge in [-0.3, -0.25) is 4.79 Å². The zero-order valence-corrected chi connectivity index (χ0v) is 17.7. The third-order valence-corrected chi connectivity index (χ3v) is 6.51. The lowest BCUT2D eigenvalue weighted by Gasteiger charge is -2.19. The number of anilines is 1. The van der Waals surface area contributed by atoms with E-state index >= 15 is 0 Å². The van der Waals surface area contributed by atoms with Crippen molar-refractivity contribution in [1.82, 2.24) is 4.31 Å². The molecule has 7 nitrogen and oxygen atoms in total. The summed E-state index contributed by atoms with van der Waals surface area (Å²) in [5.74, 6) is 0.217. The average Bonchev–Trinajstić information content (AvgIpc) is 2.68. The number of sulfonamides is 1. The van der Waals surface area contributed by atoms with E-state index in [9.17, 15) is 13.2 Å². The standard InChI is InChI=1S/C19H23ClN2O5S/c1-5-22(6-2)28(24,25)14-8-10-17(26-3)15(12-14)19(23)21-13-7-9-18(27-4)16(20)11-13/h7-12H,5-6H2,1-4H3,(H,21,23). The predicted molar refractivity (Wildman–Crippen MR) is 109 cm³/mol. The van der Waals surface area contributed by atoms with E-state index in [1.165, 1.54) is 36.7 Å². The molecule has 0 atom stereocenters. The second-order valence-electron chi connectivity index (χ2n) is 5.75. The van der Waals surface area contributed by atoms with Crippen LogP contribution in [0, 0.1) is 0 Å². The SMILES string of the molecule is CCN(CC)S(=O)(=O)c1ccc(OC)c(C(=O)Nc2ccc(OC)c(Cl)c2)c1. The van der Waals surface area contributed by atoms with E-state index in [1.807, 2.05) is 0 Å². The number of benzene rings is 2. The number of rotatable bonds is 8. The first kappa shape index (κ1) is 22.0. The van der Waals surface area contributed by atoms with Gasteiger partial charge in [-0.1, -0.05) is 25.4 Å². The Morgan fingerprint density at radius 1 is 1.04 bits per heavy atom. The highest BCUT2D eigenvalue weighted by Gasteiger charge is 2.24. The van der Waals surface area contributed by atoms with E-state index in [0.717, 1.165) is 0 Å². The van der Waals surface area contributed by atoms with Crippen molar-refractivity contribution in [3.8, 4) is 11.5 Å². The minimum Gasteiger partial charge on any atom is -0.496 e. The lowest BCUT2D eigenvalue weighted by atomic mass is 10.2. The fourth-order valence-electron chi connectivity index (χ4n) is 2.68. The molecule has 0 bridgehead atoms. The van der Waals surface area contributed by atoms with Crippen LogP contribution >= 0.6 is 11.6 Å². The summed E-state index contributed by atoms with van der Waals surface area (Å²) in [6.45, 7) is 4.17. The van der Waals surface area contributed by atoms with Gasteiger partial charge in [0, 0.05) is 18.8 Å². The van der Waals surface area contributed by atoms with Crippen LogP contribution in [-0.2, 0) is 10.0 Å². The molecular formula is C19H23ClN2O5S. The summed E-state index contributed by atoms with van der Waals surface area (Å²) in [5.41, 5.74) is 0.539. The molecule has 0 aliphatic rings. The maximum absolute atomic E-state index is 12.8. The van der Waals surface area contributed by atoms with Crippen molar-refractivity contribution in [3.63, 3.8) is 0 Å². The van der Waals surface area contributed by atoms with Gasteiger partial charge in [-0.25, -0.2) is 8.42 Å². The van der Waals surface area contributed by atoms with Crippen LogP contribution in [0.25, 0.3) is 0 Å². The van der Waals surface area contributed by atoms with Crippen molar-refractivity contribution in [2.45, 2.75) is 18.7 Å². The van der Waals surface area contributed by atoms with Crippen molar-refractivity contribution >= 4 is 33.2 Å². The van der Waals surface area contributed by atoms with Crippen LogP contribution in [0.2, 0.25) is 5.02 Å². The summed E-state index contributed by atoms with van der Waals surface area (Å²) < 4.78 is 37.2. The number of carbonyl (C=O) groups excluding carboxylic acids is 1. The van der Waals surface area contributed by atoms with E-state index < -0.39 is 15.9 Å². The summed E-state index contributed by atoms with van der Waals surface area (Å²) in [7, 11) is -0.807. The van der Waals surface area contributed by atoms with Gasteiger partial charge in [0.25, 0.3) is 5.91 Å². The molecule has 2 rings (SSSR count). The van der Waals surface area contributed by atoms with Crippen molar-refractivity contribution < 1.29 is 22.7 Å². The van der Waals surface area contributed by atoms with Crippen molar-refractivity contribution in [1.29, 1.82) is 0 Å². The molecule has 0 radical (unpaired) electrons. The van der Waals surface area contributed by atoms with Crippen molar-refractivity contribution in [2.75, 3.05) is 32.6 Å². The summed E-state index contributed by atoms with van der Waals surface area (Å²) in [6, 6.07) is 9.00. The van der Waals surface area contributed by atoms with Crippen LogP contribution in [0.5, 0.6) is 11.5 Å². The Bertz CT molecular complexity index is 959. The van der Waals surface area contributed by atoms with Gasteiger partial charge >= 0.3 is 0 Å². The van der Waals surface area contributed by atoms with Gasteiger partial charge in [-0.15, -0.1) is 0 Å². The topological polar surface area (TPSA) is 84.9 Å². The zero-order chi connectivity index (χ0) is 20.9. The summed E-state index contributed by atoms with van der Waals surface area (Å²) in [5, 5.41) is 3.03. The van der Waals surface area contributed by atoms with Crippen molar-refractivity contribution in [2.24, 2.45) is 0 Å². The Balaban J connectivity index is 2.40. The minimum absolute atomic E-state index is 0.0231. The Labute approximate surface area is 170 Å². The fourth-order valence-corrected chi connectivity index (χ4v) is 4.42. The van der Waals surface area contributed by atoms with Crippen LogP contribution in [0.1, 0.15) is 24.2 Å². The van der Waals surface area contributed by atoms with Gasteiger partial charge in [0.1, 0.15) is 11.5 Å². The highest BCUT2D eigenvalue weighted by atomic mass is 35.5. The first-order valence-corrected chi connectivity index (χ1v) is 10.4. The van der Waals surface area contributed by atoms with Crippen molar-refractivity contribution in [3.05, 3.63) is 47.0 Å². The van der Waals surface area contributed by atoms with Crippen LogP contribution in [0.4, 0.5) is 5.69 Å². The second kappa shape index (κ2) is 9.27. The van der Waals surface area contributed by atoms with Gasteiger partial charge < -0.3 is 14.8 Å². The van der Waals surface area contributed by atoms with Crippen LogP contribution in [-0.4, -0.2) is 45.9 Å². The van der Waals surface area contributed by atoms with E-state index in [4.69, 9.17) is 21.1 Å². The number of hydrogen-bond acceptors (Lipinski definition) is 5. The molecule has 2 aromatic rings. The molecule has 0 saturated heterocycles. The van der Waals surface area contributed by atoms with Crippen LogP contribution < -0.4 is 14.8 Å². The summed E-state index contributed by atoms with van der Waals surface area (Å²) in [4.78, 5) is 12.8. The minimum atomic E-state index is -3.71. The van der Waals surface area contributed by atoms with Gasteiger partial charge in [0.05, 0.1) is 29.7 Å². The molecule has 0 heterocycles. The lowest BCUT2D eigenvalue weighted by molar-refractivity contribution is 0.102. The number of amides is 1. The summed E-state index contributed by atoms with van der Waals surface area (Å²) in [6.07, 6.45) is 0.